The van der Waals surface area contributed by atoms with E-state index in [4.69, 9.17) is 0 Å². The van der Waals surface area contributed by atoms with Gasteiger partial charge in [0.2, 0.25) is 0 Å². The van der Waals surface area contributed by atoms with Gasteiger partial charge >= 0.3 is 0 Å². The van der Waals surface area contributed by atoms with Crippen molar-refractivity contribution in [2.24, 2.45) is 0 Å². The van der Waals surface area contributed by atoms with E-state index in [-0.39, 0.29) is 0 Å². The average molecular weight is 267 g/mol. The Bertz CT molecular complexity index is 447. The fourth-order valence-corrected chi connectivity index (χ4v) is 2.92. The molecule has 0 atom stereocenters. The topological polar surface area (TPSA) is 17.1 Å². The van der Waals surface area contributed by atoms with Gasteiger partial charge in [-0.15, -0.1) is 0 Å². The van der Waals surface area contributed by atoms with Crippen LogP contribution in [0.1, 0.15) is 34.2 Å². The molecule has 1 aliphatic rings. The standard InChI is InChI=1S/C13H15BrO/c1-7-8(2)13(14)9(3)11-5-4-10(15)6-12(7)11/h4-6H2,1-3H3. The molecular weight excluding hydrogens is 252 g/mol. The highest BCUT2D eigenvalue weighted by atomic mass is 79.9. The molecule has 0 fully saturated rings. The van der Waals surface area contributed by atoms with Gasteiger partial charge in [0.15, 0.2) is 0 Å². The zero-order valence-corrected chi connectivity index (χ0v) is 11.0. The summed E-state index contributed by atoms with van der Waals surface area (Å²) in [5, 5.41) is 0. The van der Waals surface area contributed by atoms with Gasteiger partial charge in [0.05, 0.1) is 0 Å². The van der Waals surface area contributed by atoms with E-state index in [0.717, 1.165) is 6.42 Å². The van der Waals surface area contributed by atoms with Gasteiger partial charge in [-0.1, -0.05) is 15.9 Å². The fraction of sp³-hybridized carbons (Fsp3) is 0.462. The van der Waals surface area contributed by atoms with Gasteiger partial charge in [-0.2, -0.15) is 0 Å². The minimum Gasteiger partial charge on any atom is -0.299 e. The second kappa shape index (κ2) is 3.75. The average Bonchev–Trinajstić information content (AvgIpc) is 2.23. The summed E-state index contributed by atoms with van der Waals surface area (Å²) in [4.78, 5) is 11.5. The molecule has 0 aromatic heterocycles. The summed E-state index contributed by atoms with van der Waals surface area (Å²) in [6, 6.07) is 0. The van der Waals surface area contributed by atoms with E-state index in [1.165, 1.54) is 32.3 Å². The van der Waals surface area contributed by atoms with Crippen molar-refractivity contribution in [3.05, 3.63) is 32.3 Å². The predicted molar refractivity (Wildman–Crippen MR) is 65.4 cm³/mol. The van der Waals surface area contributed by atoms with Crippen molar-refractivity contribution in [2.75, 3.05) is 0 Å². The van der Waals surface area contributed by atoms with Crippen LogP contribution in [-0.4, -0.2) is 5.78 Å². The smallest absolute Gasteiger partial charge is 0.137 e. The van der Waals surface area contributed by atoms with Gasteiger partial charge in [0, 0.05) is 17.3 Å². The van der Waals surface area contributed by atoms with Crippen LogP contribution >= 0.6 is 15.9 Å². The number of fused-ring (bicyclic) bond motifs is 1. The zero-order chi connectivity index (χ0) is 11.2. The molecule has 2 heteroatoms. The third-order valence-electron chi connectivity index (χ3n) is 3.52. The second-order valence-corrected chi connectivity index (χ2v) is 5.15. The van der Waals surface area contributed by atoms with Crippen LogP contribution < -0.4 is 0 Å². The number of halogens is 1. The molecule has 1 aliphatic carbocycles. The fourth-order valence-electron chi connectivity index (χ4n) is 2.38. The first-order chi connectivity index (χ1) is 7.02. The Balaban J connectivity index is 2.70. The minimum absolute atomic E-state index is 0.381. The summed E-state index contributed by atoms with van der Waals surface area (Å²) in [6.07, 6.45) is 2.26. The van der Waals surface area contributed by atoms with Gasteiger partial charge in [0.1, 0.15) is 5.78 Å². The molecule has 1 aromatic rings. The second-order valence-electron chi connectivity index (χ2n) is 4.36. The molecule has 0 saturated heterocycles. The Kier molecular flexibility index (Phi) is 2.72. The lowest BCUT2D eigenvalue weighted by Gasteiger charge is -2.23. The Morgan fingerprint density at radius 2 is 1.60 bits per heavy atom. The van der Waals surface area contributed by atoms with Crippen LogP contribution in [0.2, 0.25) is 0 Å². The third kappa shape index (κ3) is 1.65. The highest BCUT2D eigenvalue weighted by Gasteiger charge is 2.22. The Morgan fingerprint density at radius 3 is 2.27 bits per heavy atom. The van der Waals surface area contributed by atoms with Crippen LogP contribution in [0.3, 0.4) is 0 Å². The van der Waals surface area contributed by atoms with Gasteiger partial charge in [-0.3, -0.25) is 4.79 Å². The van der Waals surface area contributed by atoms with Gasteiger partial charge < -0.3 is 0 Å². The van der Waals surface area contributed by atoms with Crippen LogP contribution in [0.5, 0.6) is 0 Å². The highest BCUT2D eigenvalue weighted by Crippen LogP contribution is 2.34. The molecular formula is C13H15BrO. The lowest BCUT2D eigenvalue weighted by atomic mass is 9.83. The number of rotatable bonds is 0. The van der Waals surface area contributed by atoms with Crippen molar-refractivity contribution in [3.8, 4) is 0 Å². The van der Waals surface area contributed by atoms with Gasteiger partial charge in [0.25, 0.3) is 0 Å². The lowest BCUT2D eigenvalue weighted by molar-refractivity contribution is -0.118. The molecule has 0 unspecified atom stereocenters. The van der Waals surface area contributed by atoms with Crippen molar-refractivity contribution in [1.29, 1.82) is 0 Å². The molecule has 1 aromatic carbocycles. The summed E-state index contributed by atoms with van der Waals surface area (Å²) < 4.78 is 1.22. The SMILES string of the molecule is Cc1c(C)c2c(c(C)c1Br)CCC(=O)C2. The Hall–Kier alpha value is -0.630. The summed E-state index contributed by atoms with van der Waals surface area (Å²) in [5.74, 6) is 0.381. The summed E-state index contributed by atoms with van der Waals surface area (Å²) in [5.41, 5.74) is 6.56. The van der Waals surface area contributed by atoms with E-state index in [9.17, 15) is 4.79 Å². The normalized spacial score (nSPS) is 15.3. The van der Waals surface area contributed by atoms with E-state index < -0.39 is 0 Å². The van der Waals surface area contributed by atoms with Crippen molar-refractivity contribution in [3.63, 3.8) is 0 Å². The third-order valence-corrected chi connectivity index (χ3v) is 4.71. The Labute approximate surface area is 99.0 Å². The highest BCUT2D eigenvalue weighted by molar-refractivity contribution is 9.10. The molecule has 1 nitrogen and oxygen atoms in total. The quantitative estimate of drug-likeness (QED) is 0.703. The number of benzene rings is 1. The zero-order valence-electron chi connectivity index (χ0n) is 9.41. The number of Topliss-reactive ketones (excluding diaryl/α,β-unsaturated/α-hetero) is 1. The number of carbonyl (C=O) groups is 1. The largest absolute Gasteiger partial charge is 0.299 e. The first-order valence-electron chi connectivity index (χ1n) is 5.31. The van der Waals surface area contributed by atoms with E-state index >= 15 is 0 Å². The maximum atomic E-state index is 11.5. The van der Waals surface area contributed by atoms with Gasteiger partial charge in [-0.05, 0) is 55.0 Å². The molecule has 0 heterocycles. The molecule has 0 aliphatic heterocycles. The molecule has 0 amide bonds. The van der Waals surface area contributed by atoms with E-state index in [2.05, 4.69) is 36.7 Å². The minimum atomic E-state index is 0.381. The Morgan fingerprint density at radius 1 is 0.933 bits per heavy atom. The predicted octanol–water partition coefficient (Wildman–Crippen LogP) is 3.43. The summed E-state index contributed by atoms with van der Waals surface area (Å²) in [6.45, 7) is 6.38. The number of hydrogen-bond acceptors (Lipinski definition) is 1. The van der Waals surface area contributed by atoms with Crippen molar-refractivity contribution in [1.82, 2.24) is 0 Å². The monoisotopic (exact) mass is 266 g/mol. The van der Waals surface area contributed by atoms with Crippen LogP contribution in [0.25, 0.3) is 0 Å². The van der Waals surface area contributed by atoms with E-state index in [0.29, 0.717) is 18.6 Å². The van der Waals surface area contributed by atoms with Crippen LogP contribution in [0, 0.1) is 20.8 Å². The van der Waals surface area contributed by atoms with Crippen molar-refractivity contribution in [2.45, 2.75) is 40.0 Å². The molecule has 2 rings (SSSR count). The number of hydrogen-bond donors (Lipinski definition) is 0. The van der Waals surface area contributed by atoms with Crippen LogP contribution in [0.15, 0.2) is 4.47 Å². The van der Waals surface area contributed by atoms with E-state index in [1.807, 2.05) is 0 Å². The van der Waals surface area contributed by atoms with Gasteiger partial charge in [-0.25, -0.2) is 0 Å². The summed E-state index contributed by atoms with van der Waals surface area (Å²) >= 11 is 3.64. The molecule has 0 N–H and O–H groups in total. The first-order valence-corrected chi connectivity index (χ1v) is 6.10. The molecule has 0 bridgehead atoms. The number of ketones is 1. The van der Waals surface area contributed by atoms with Crippen LogP contribution in [-0.2, 0) is 17.6 Å². The van der Waals surface area contributed by atoms with Crippen molar-refractivity contribution < 1.29 is 4.79 Å². The maximum absolute atomic E-state index is 11.5. The summed E-state index contributed by atoms with van der Waals surface area (Å²) in [7, 11) is 0. The molecule has 80 valence electrons. The van der Waals surface area contributed by atoms with E-state index in [1.54, 1.807) is 0 Å². The molecule has 0 spiro atoms. The molecule has 0 radical (unpaired) electrons. The van der Waals surface area contributed by atoms with Crippen LogP contribution in [0.4, 0.5) is 0 Å². The number of carbonyl (C=O) groups excluding carboxylic acids is 1. The first kappa shape index (κ1) is 10.9. The van der Waals surface area contributed by atoms with Crippen molar-refractivity contribution >= 4 is 21.7 Å². The maximum Gasteiger partial charge on any atom is 0.137 e. The molecule has 15 heavy (non-hydrogen) atoms. The molecule has 0 saturated carbocycles. The lowest BCUT2D eigenvalue weighted by Crippen LogP contribution is -2.17.